The zero-order valence-corrected chi connectivity index (χ0v) is 14.2. The molecule has 0 aliphatic carbocycles. The van der Waals surface area contributed by atoms with Gasteiger partial charge in [-0.05, 0) is 43.7 Å². The summed E-state index contributed by atoms with van der Waals surface area (Å²) in [5.41, 5.74) is 7.61. The summed E-state index contributed by atoms with van der Waals surface area (Å²) in [7, 11) is 0. The third-order valence-electron chi connectivity index (χ3n) is 3.78. The molecule has 21 heavy (non-hydrogen) atoms. The summed E-state index contributed by atoms with van der Waals surface area (Å²) in [6, 6.07) is 5.00. The Balaban J connectivity index is 3.03. The van der Waals surface area contributed by atoms with Gasteiger partial charge in [0.2, 0.25) is 0 Å². The molecule has 0 amide bonds. The fraction of sp³-hybridized carbons (Fsp3) is 0.667. The fourth-order valence-electron chi connectivity index (χ4n) is 2.43. The standard InChI is InChI=1S/C18H31FN2/c1-13(2)9-11-21(12-10-14(3)4)17-8-6-7-16(19)18(17)15(5)20/h6-8,13-15H,9-12,20H2,1-5H3. The van der Waals surface area contributed by atoms with Gasteiger partial charge in [-0.2, -0.15) is 0 Å². The second-order valence-corrected chi connectivity index (χ2v) is 6.81. The second kappa shape index (κ2) is 8.38. The molecular formula is C18H31FN2. The van der Waals surface area contributed by atoms with Crippen molar-refractivity contribution in [1.29, 1.82) is 0 Å². The second-order valence-electron chi connectivity index (χ2n) is 6.81. The molecular weight excluding hydrogens is 263 g/mol. The minimum atomic E-state index is -0.290. The molecule has 1 rings (SSSR count). The third kappa shape index (κ3) is 5.66. The van der Waals surface area contributed by atoms with E-state index in [-0.39, 0.29) is 11.9 Å². The first-order valence-electron chi connectivity index (χ1n) is 8.11. The molecule has 1 aromatic rings. The molecule has 0 aliphatic rings. The molecule has 2 N–H and O–H groups in total. The summed E-state index contributed by atoms with van der Waals surface area (Å²) < 4.78 is 14.2. The van der Waals surface area contributed by atoms with E-state index in [0.29, 0.717) is 17.4 Å². The van der Waals surface area contributed by atoms with Crippen LogP contribution in [0.2, 0.25) is 0 Å². The third-order valence-corrected chi connectivity index (χ3v) is 3.78. The lowest BCUT2D eigenvalue weighted by atomic mass is 10.0. The molecule has 3 heteroatoms. The van der Waals surface area contributed by atoms with Crippen molar-refractivity contribution in [3.8, 4) is 0 Å². The maximum Gasteiger partial charge on any atom is 0.130 e. The molecule has 0 heterocycles. The minimum Gasteiger partial charge on any atom is -0.371 e. The SMILES string of the molecule is CC(C)CCN(CCC(C)C)c1cccc(F)c1C(C)N. The average molecular weight is 294 g/mol. The van der Waals surface area contributed by atoms with E-state index < -0.39 is 0 Å². The van der Waals surface area contributed by atoms with Gasteiger partial charge in [-0.1, -0.05) is 33.8 Å². The van der Waals surface area contributed by atoms with Crippen molar-refractivity contribution in [1.82, 2.24) is 0 Å². The maximum atomic E-state index is 14.2. The van der Waals surface area contributed by atoms with E-state index >= 15 is 0 Å². The normalized spacial score (nSPS) is 13.0. The molecule has 0 saturated carbocycles. The van der Waals surface area contributed by atoms with Gasteiger partial charge in [-0.25, -0.2) is 4.39 Å². The Hall–Kier alpha value is -1.09. The summed E-state index contributed by atoms with van der Waals surface area (Å²) in [5.74, 6) is 1.08. The Morgan fingerprint density at radius 3 is 1.95 bits per heavy atom. The van der Waals surface area contributed by atoms with E-state index in [1.165, 1.54) is 6.07 Å². The van der Waals surface area contributed by atoms with Crippen molar-refractivity contribution in [2.75, 3.05) is 18.0 Å². The number of benzene rings is 1. The van der Waals surface area contributed by atoms with Crippen LogP contribution < -0.4 is 10.6 Å². The number of anilines is 1. The van der Waals surface area contributed by atoms with E-state index in [1.54, 1.807) is 6.07 Å². The number of nitrogens with two attached hydrogens (primary N) is 1. The predicted octanol–water partition coefficient (Wildman–Crippen LogP) is 4.74. The van der Waals surface area contributed by atoms with Crippen LogP contribution in [0.15, 0.2) is 18.2 Å². The van der Waals surface area contributed by atoms with E-state index in [1.807, 2.05) is 13.0 Å². The Bertz CT molecular complexity index is 415. The molecule has 0 bridgehead atoms. The highest BCUT2D eigenvalue weighted by Crippen LogP contribution is 2.29. The van der Waals surface area contributed by atoms with Crippen LogP contribution in [0.5, 0.6) is 0 Å². The average Bonchev–Trinajstić information content (AvgIpc) is 2.37. The van der Waals surface area contributed by atoms with Gasteiger partial charge < -0.3 is 10.6 Å². The van der Waals surface area contributed by atoms with Gasteiger partial charge in [-0.15, -0.1) is 0 Å². The fourth-order valence-corrected chi connectivity index (χ4v) is 2.43. The summed E-state index contributed by atoms with van der Waals surface area (Å²) in [6.07, 6.45) is 2.21. The van der Waals surface area contributed by atoms with Crippen molar-refractivity contribution in [2.45, 2.75) is 53.5 Å². The lowest BCUT2D eigenvalue weighted by molar-refractivity contribution is 0.530. The van der Waals surface area contributed by atoms with Crippen LogP contribution in [0.3, 0.4) is 0 Å². The number of hydrogen-bond donors (Lipinski definition) is 1. The Labute approximate surface area is 129 Å². The van der Waals surface area contributed by atoms with Crippen LogP contribution in [0.4, 0.5) is 10.1 Å². The van der Waals surface area contributed by atoms with Gasteiger partial charge in [0.25, 0.3) is 0 Å². The highest BCUT2D eigenvalue weighted by molar-refractivity contribution is 5.55. The van der Waals surface area contributed by atoms with E-state index in [4.69, 9.17) is 5.73 Å². The molecule has 1 aromatic carbocycles. The smallest absolute Gasteiger partial charge is 0.130 e. The van der Waals surface area contributed by atoms with Crippen LogP contribution >= 0.6 is 0 Å². The maximum absolute atomic E-state index is 14.2. The first-order valence-corrected chi connectivity index (χ1v) is 8.11. The first-order chi connectivity index (χ1) is 9.82. The monoisotopic (exact) mass is 294 g/mol. The van der Waals surface area contributed by atoms with Crippen LogP contribution in [0.1, 0.15) is 59.1 Å². The molecule has 1 unspecified atom stereocenters. The minimum absolute atomic E-state index is 0.193. The van der Waals surface area contributed by atoms with Gasteiger partial charge >= 0.3 is 0 Å². The molecule has 0 saturated heterocycles. The molecule has 2 nitrogen and oxygen atoms in total. The molecule has 0 aromatic heterocycles. The van der Waals surface area contributed by atoms with Crippen molar-refractivity contribution >= 4 is 5.69 Å². The van der Waals surface area contributed by atoms with Gasteiger partial charge in [0, 0.05) is 30.4 Å². The first kappa shape index (κ1) is 18.0. The summed E-state index contributed by atoms with van der Waals surface area (Å²) in [5, 5.41) is 0. The zero-order chi connectivity index (χ0) is 16.0. The Morgan fingerprint density at radius 1 is 1.00 bits per heavy atom. The highest BCUT2D eigenvalue weighted by atomic mass is 19.1. The van der Waals surface area contributed by atoms with E-state index in [0.717, 1.165) is 31.6 Å². The number of rotatable bonds is 8. The van der Waals surface area contributed by atoms with Gasteiger partial charge in [0.15, 0.2) is 0 Å². The molecule has 1 atom stereocenters. The summed E-state index contributed by atoms with van der Waals surface area (Å²) >= 11 is 0. The van der Waals surface area contributed by atoms with Crippen LogP contribution in [-0.2, 0) is 0 Å². The van der Waals surface area contributed by atoms with Gasteiger partial charge in [-0.3, -0.25) is 0 Å². The molecule has 0 spiro atoms. The highest BCUT2D eigenvalue weighted by Gasteiger charge is 2.18. The van der Waals surface area contributed by atoms with Crippen molar-refractivity contribution in [3.63, 3.8) is 0 Å². The van der Waals surface area contributed by atoms with Crippen molar-refractivity contribution in [3.05, 3.63) is 29.6 Å². The number of nitrogens with zero attached hydrogens (tertiary/aromatic N) is 1. The number of hydrogen-bond acceptors (Lipinski definition) is 2. The van der Waals surface area contributed by atoms with E-state index in [2.05, 4.69) is 32.6 Å². The van der Waals surface area contributed by atoms with Crippen LogP contribution in [-0.4, -0.2) is 13.1 Å². The summed E-state index contributed by atoms with van der Waals surface area (Å²) in [4.78, 5) is 2.31. The van der Waals surface area contributed by atoms with E-state index in [9.17, 15) is 4.39 Å². The number of halogens is 1. The Morgan fingerprint density at radius 2 is 1.52 bits per heavy atom. The topological polar surface area (TPSA) is 29.3 Å². The van der Waals surface area contributed by atoms with Gasteiger partial charge in [0.05, 0.1) is 0 Å². The molecule has 0 fully saturated rings. The van der Waals surface area contributed by atoms with Crippen LogP contribution in [0.25, 0.3) is 0 Å². The Kier molecular flexibility index (Phi) is 7.16. The zero-order valence-electron chi connectivity index (χ0n) is 14.2. The quantitative estimate of drug-likeness (QED) is 0.750. The lowest BCUT2D eigenvalue weighted by Gasteiger charge is -2.30. The predicted molar refractivity (Wildman–Crippen MR) is 90.1 cm³/mol. The lowest BCUT2D eigenvalue weighted by Crippen LogP contribution is -2.29. The molecule has 0 aliphatic heterocycles. The largest absolute Gasteiger partial charge is 0.371 e. The summed E-state index contributed by atoms with van der Waals surface area (Å²) in [6.45, 7) is 12.6. The van der Waals surface area contributed by atoms with Crippen molar-refractivity contribution in [2.24, 2.45) is 17.6 Å². The van der Waals surface area contributed by atoms with Crippen LogP contribution in [0, 0.1) is 17.7 Å². The molecule has 120 valence electrons. The van der Waals surface area contributed by atoms with Crippen molar-refractivity contribution < 1.29 is 4.39 Å². The van der Waals surface area contributed by atoms with Gasteiger partial charge in [0.1, 0.15) is 5.82 Å². The molecule has 0 radical (unpaired) electrons.